The Morgan fingerprint density at radius 1 is 1.58 bits per heavy atom. The van der Waals surface area contributed by atoms with Crippen LogP contribution in [-0.4, -0.2) is 41.8 Å². The zero-order chi connectivity index (χ0) is 14.6. The molecule has 9 heteroatoms. The van der Waals surface area contributed by atoms with E-state index in [1.54, 1.807) is 13.2 Å². The van der Waals surface area contributed by atoms with Crippen molar-refractivity contribution in [1.82, 2.24) is 4.72 Å². The molecule has 1 aromatic rings. The summed E-state index contributed by atoms with van der Waals surface area (Å²) in [5.74, 6) is -1.15. The van der Waals surface area contributed by atoms with E-state index in [1.807, 2.05) is 0 Å². The third-order valence-corrected chi connectivity index (χ3v) is 6.38. The van der Waals surface area contributed by atoms with E-state index in [0.717, 1.165) is 17.4 Å². The van der Waals surface area contributed by atoms with E-state index in [0.29, 0.717) is 6.42 Å². The zero-order valence-corrected chi connectivity index (χ0v) is 12.9. The van der Waals surface area contributed by atoms with E-state index >= 15 is 0 Å². The molecule has 1 heterocycles. The standard InChI is InChI=1S/C10H15NO5S3/c1-7(18(2)14)3-4-11-19(15,16)8-5-9(10(12)13)17-6-8/h5-7,11H,3-4H2,1-2H3,(H,12,13). The topological polar surface area (TPSA) is 101 Å². The normalized spacial score (nSPS) is 15.1. The molecule has 0 saturated carbocycles. The van der Waals surface area contributed by atoms with Crippen molar-refractivity contribution in [2.45, 2.75) is 23.5 Å². The largest absolute Gasteiger partial charge is 0.477 e. The summed E-state index contributed by atoms with van der Waals surface area (Å²) in [5, 5.41) is 9.92. The van der Waals surface area contributed by atoms with E-state index in [2.05, 4.69) is 4.72 Å². The van der Waals surface area contributed by atoms with Gasteiger partial charge in [-0.3, -0.25) is 4.21 Å². The summed E-state index contributed by atoms with van der Waals surface area (Å²) in [6.07, 6.45) is 2.02. The lowest BCUT2D eigenvalue weighted by Gasteiger charge is -2.09. The van der Waals surface area contributed by atoms with Gasteiger partial charge in [0.2, 0.25) is 10.0 Å². The molecule has 0 aromatic carbocycles. The Morgan fingerprint density at radius 2 is 2.21 bits per heavy atom. The van der Waals surface area contributed by atoms with Crippen molar-refractivity contribution < 1.29 is 22.5 Å². The fraction of sp³-hybridized carbons (Fsp3) is 0.500. The lowest BCUT2D eigenvalue weighted by Crippen LogP contribution is -2.27. The fourth-order valence-electron chi connectivity index (χ4n) is 1.22. The van der Waals surface area contributed by atoms with E-state index in [-0.39, 0.29) is 21.6 Å². The van der Waals surface area contributed by atoms with Gasteiger partial charge in [0.1, 0.15) is 4.88 Å². The second-order valence-electron chi connectivity index (χ2n) is 3.95. The lowest BCUT2D eigenvalue weighted by atomic mass is 10.3. The molecule has 2 N–H and O–H groups in total. The number of aromatic carboxylic acids is 1. The molecule has 1 aromatic heterocycles. The molecular formula is C10H15NO5S3. The molecule has 0 fully saturated rings. The third-order valence-electron chi connectivity index (χ3n) is 2.51. The maximum Gasteiger partial charge on any atom is 0.345 e. The van der Waals surface area contributed by atoms with Crippen molar-refractivity contribution in [2.24, 2.45) is 0 Å². The predicted molar refractivity (Wildman–Crippen MR) is 74.6 cm³/mol. The molecule has 2 atom stereocenters. The Morgan fingerprint density at radius 3 is 2.68 bits per heavy atom. The van der Waals surface area contributed by atoms with Crippen LogP contribution in [0.25, 0.3) is 0 Å². The van der Waals surface area contributed by atoms with E-state index in [4.69, 9.17) is 5.11 Å². The number of carboxylic acid groups (broad SMARTS) is 1. The molecule has 0 radical (unpaired) electrons. The highest BCUT2D eigenvalue weighted by Crippen LogP contribution is 2.19. The Hall–Kier alpha value is -0.770. The number of nitrogens with one attached hydrogen (secondary N) is 1. The maximum absolute atomic E-state index is 11.8. The SMILES string of the molecule is CC(CCNS(=O)(=O)c1csc(C(=O)O)c1)S(C)=O. The van der Waals surface area contributed by atoms with Crippen LogP contribution >= 0.6 is 11.3 Å². The maximum atomic E-state index is 11.8. The van der Waals surface area contributed by atoms with Crippen LogP contribution < -0.4 is 4.72 Å². The minimum absolute atomic E-state index is 0.0246. The Bertz CT molecular complexity index is 578. The van der Waals surface area contributed by atoms with Gasteiger partial charge >= 0.3 is 5.97 Å². The van der Waals surface area contributed by atoms with Crippen LogP contribution in [0.1, 0.15) is 23.0 Å². The highest BCUT2D eigenvalue weighted by molar-refractivity contribution is 7.89. The lowest BCUT2D eigenvalue weighted by molar-refractivity contribution is 0.0702. The second-order valence-corrected chi connectivity index (χ2v) is 8.43. The Kier molecular flexibility index (Phi) is 5.65. The average molecular weight is 325 g/mol. The highest BCUT2D eigenvalue weighted by atomic mass is 32.2. The van der Waals surface area contributed by atoms with Gasteiger partial charge in [-0.15, -0.1) is 11.3 Å². The molecule has 0 amide bonds. The average Bonchev–Trinajstić information content (AvgIpc) is 2.78. The smallest absolute Gasteiger partial charge is 0.345 e. The van der Waals surface area contributed by atoms with E-state index in [1.165, 1.54) is 5.38 Å². The van der Waals surface area contributed by atoms with Crippen molar-refractivity contribution in [3.05, 3.63) is 16.3 Å². The molecule has 108 valence electrons. The molecule has 0 aliphatic rings. The molecule has 0 aliphatic carbocycles. The molecule has 6 nitrogen and oxygen atoms in total. The summed E-state index contributed by atoms with van der Waals surface area (Å²) >= 11 is 0.862. The van der Waals surface area contributed by atoms with Crippen LogP contribution in [0.5, 0.6) is 0 Å². The van der Waals surface area contributed by atoms with E-state index < -0.39 is 26.8 Å². The van der Waals surface area contributed by atoms with Gasteiger partial charge in [-0.05, 0) is 12.5 Å². The summed E-state index contributed by atoms with van der Waals surface area (Å²) in [6.45, 7) is 1.94. The van der Waals surface area contributed by atoms with Crippen LogP contribution in [0.4, 0.5) is 0 Å². The van der Waals surface area contributed by atoms with Crippen LogP contribution in [0.3, 0.4) is 0 Å². The van der Waals surface area contributed by atoms with Crippen LogP contribution in [-0.2, 0) is 20.8 Å². The monoisotopic (exact) mass is 325 g/mol. The van der Waals surface area contributed by atoms with Gasteiger partial charge in [0.25, 0.3) is 0 Å². The van der Waals surface area contributed by atoms with Gasteiger partial charge in [0.15, 0.2) is 0 Å². The van der Waals surface area contributed by atoms with Crippen molar-refractivity contribution in [1.29, 1.82) is 0 Å². The summed E-state index contributed by atoms with van der Waals surface area (Å²) in [7, 11) is -4.69. The number of hydrogen-bond donors (Lipinski definition) is 2. The first-order valence-corrected chi connectivity index (χ1v) is 9.36. The molecule has 0 aliphatic heterocycles. The first kappa shape index (κ1) is 16.3. The number of thiophene rings is 1. The third kappa shape index (κ3) is 4.68. The molecular weight excluding hydrogens is 310 g/mol. The minimum atomic E-state index is -3.70. The van der Waals surface area contributed by atoms with Gasteiger partial charge in [-0.2, -0.15) is 0 Å². The Labute approximate surface area is 118 Å². The molecule has 0 spiro atoms. The van der Waals surface area contributed by atoms with Gasteiger partial charge in [0, 0.05) is 34.2 Å². The number of rotatable bonds is 7. The van der Waals surface area contributed by atoms with Gasteiger partial charge in [-0.25, -0.2) is 17.9 Å². The molecule has 0 saturated heterocycles. The summed E-state index contributed by atoms with van der Waals surface area (Å²) in [6, 6.07) is 1.12. The van der Waals surface area contributed by atoms with Crippen molar-refractivity contribution in [3.63, 3.8) is 0 Å². The highest BCUT2D eigenvalue weighted by Gasteiger charge is 2.18. The van der Waals surface area contributed by atoms with Gasteiger partial charge < -0.3 is 5.11 Å². The van der Waals surface area contributed by atoms with Crippen molar-refractivity contribution in [2.75, 3.05) is 12.8 Å². The number of hydrogen-bond acceptors (Lipinski definition) is 5. The molecule has 2 unspecified atom stereocenters. The van der Waals surface area contributed by atoms with Crippen molar-refractivity contribution >= 4 is 38.1 Å². The quantitative estimate of drug-likeness (QED) is 0.775. The summed E-state index contributed by atoms with van der Waals surface area (Å²) in [5.41, 5.74) is 0. The zero-order valence-electron chi connectivity index (χ0n) is 10.5. The second kappa shape index (κ2) is 6.60. The summed E-state index contributed by atoms with van der Waals surface area (Å²) < 4.78 is 37.2. The first-order chi connectivity index (χ1) is 8.74. The molecule has 1 rings (SSSR count). The number of carboxylic acids is 1. The van der Waals surface area contributed by atoms with Crippen LogP contribution in [0.15, 0.2) is 16.3 Å². The first-order valence-electron chi connectivity index (χ1n) is 5.37. The summed E-state index contributed by atoms with van der Waals surface area (Å²) in [4.78, 5) is 10.6. The fourth-order valence-corrected chi connectivity index (χ4v) is 3.83. The van der Waals surface area contributed by atoms with Crippen LogP contribution in [0.2, 0.25) is 0 Å². The Balaban J connectivity index is 2.65. The minimum Gasteiger partial charge on any atom is -0.477 e. The van der Waals surface area contributed by atoms with Crippen LogP contribution in [0, 0.1) is 0 Å². The van der Waals surface area contributed by atoms with Gasteiger partial charge in [-0.1, -0.05) is 6.92 Å². The van der Waals surface area contributed by atoms with Crippen molar-refractivity contribution in [3.8, 4) is 0 Å². The predicted octanol–water partition coefficient (Wildman–Crippen LogP) is 0.882. The number of sulfonamides is 1. The molecule has 19 heavy (non-hydrogen) atoms. The molecule has 0 bridgehead atoms. The van der Waals surface area contributed by atoms with Gasteiger partial charge in [0.05, 0.1) is 4.90 Å². The number of carbonyl (C=O) groups is 1. The van der Waals surface area contributed by atoms with E-state index in [9.17, 15) is 17.4 Å².